The number of ether oxygens (including phenoxy) is 1. The molecule has 3 rings (SSSR count). The second kappa shape index (κ2) is 9.44. The highest BCUT2D eigenvalue weighted by Crippen LogP contribution is 2.17. The van der Waals surface area contributed by atoms with Gasteiger partial charge >= 0.3 is 0 Å². The molecule has 0 atom stereocenters. The fourth-order valence-electron chi connectivity index (χ4n) is 2.78. The summed E-state index contributed by atoms with van der Waals surface area (Å²) < 4.78 is 5.62. The van der Waals surface area contributed by atoms with Gasteiger partial charge in [-0.2, -0.15) is 0 Å². The Morgan fingerprint density at radius 1 is 1.12 bits per heavy atom. The van der Waals surface area contributed by atoms with Crippen molar-refractivity contribution >= 4 is 18.3 Å². The number of amides is 1. The van der Waals surface area contributed by atoms with Crippen LogP contribution in [0.2, 0.25) is 0 Å². The van der Waals surface area contributed by atoms with Gasteiger partial charge in [0, 0.05) is 25.2 Å². The maximum atomic E-state index is 12.3. The van der Waals surface area contributed by atoms with Crippen molar-refractivity contribution in [3.05, 3.63) is 64.7 Å². The number of hydrogen-bond donors (Lipinski definition) is 2. The molecule has 2 N–H and O–H groups in total. The summed E-state index contributed by atoms with van der Waals surface area (Å²) >= 11 is 0. The molecule has 0 unspecified atom stereocenters. The lowest BCUT2D eigenvalue weighted by molar-refractivity contribution is 0.0951. The molecule has 5 heteroatoms. The quantitative estimate of drug-likeness (QED) is 0.738. The largest absolute Gasteiger partial charge is 0.494 e. The molecule has 134 valence electrons. The topological polar surface area (TPSA) is 50.4 Å². The number of hydrogen-bond acceptors (Lipinski definition) is 3. The molecule has 0 radical (unpaired) electrons. The van der Waals surface area contributed by atoms with Gasteiger partial charge in [-0.15, -0.1) is 12.4 Å². The van der Waals surface area contributed by atoms with Crippen LogP contribution in [0.1, 0.15) is 46.8 Å². The number of fused-ring (bicyclic) bond motifs is 1. The molecule has 1 aliphatic rings. The average Bonchev–Trinajstić information content (AvgIpc) is 3.08. The van der Waals surface area contributed by atoms with E-state index in [2.05, 4.69) is 35.8 Å². The zero-order chi connectivity index (χ0) is 16.8. The van der Waals surface area contributed by atoms with Crippen molar-refractivity contribution in [1.29, 1.82) is 0 Å². The van der Waals surface area contributed by atoms with Crippen molar-refractivity contribution < 1.29 is 9.53 Å². The summed E-state index contributed by atoms with van der Waals surface area (Å²) in [5.41, 5.74) is 4.46. The lowest BCUT2D eigenvalue weighted by atomic mass is 10.1. The molecule has 0 spiro atoms. The summed E-state index contributed by atoms with van der Waals surface area (Å²) in [5, 5.41) is 6.31. The van der Waals surface area contributed by atoms with Gasteiger partial charge in [0.2, 0.25) is 0 Å². The van der Waals surface area contributed by atoms with Gasteiger partial charge in [-0.05, 0) is 47.4 Å². The SMILES string of the molecule is CCCCOc1ccc(C(=O)NCc2ccc3c(c2)CNC3)cc1.Cl. The number of halogens is 1. The molecule has 0 bridgehead atoms. The van der Waals surface area contributed by atoms with E-state index in [0.29, 0.717) is 12.1 Å². The highest BCUT2D eigenvalue weighted by molar-refractivity contribution is 5.94. The van der Waals surface area contributed by atoms with Crippen LogP contribution in [0.3, 0.4) is 0 Å². The van der Waals surface area contributed by atoms with Crippen LogP contribution in [0.4, 0.5) is 0 Å². The van der Waals surface area contributed by atoms with Crippen LogP contribution in [0.5, 0.6) is 5.75 Å². The van der Waals surface area contributed by atoms with Crippen molar-refractivity contribution in [3.8, 4) is 5.75 Å². The zero-order valence-electron chi connectivity index (χ0n) is 14.5. The Hall–Kier alpha value is -2.04. The van der Waals surface area contributed by atoms with Crippen molar-refractivity contribution in [3.63, 3.8) is 0 Å². The fraction of sp³-hybridized carbons (Fsp3) is 0.350. The van der Waals surface area contributed by atoms with Gasteiger partial charge in [0.1, 0.15) is 5.75 Å². The van der Waals surface area contributed by atoms with E-state index in [1.54, 1.807) is 0 Å². The minimum atomic E-state index is -0.0614. The minimum absolute atomic E-state index is 0. The third-order valence-corrected chi connectivity index (χ3v) is 4.24. The van der Waals surface area contributed by atoms with E-state index in [1.165, 1.54) is 11.1 Å². The van der Waals surface area contributed by atoms with E-state index in [4.69, 9.17) is 4.74 Å². The number of unbranched alkanes of at least 4 members (excludes halogenated alkanes) is 1. The monoisotopic (exact) mass is 360 g/mol. The van der Waals surface area contributed by atoms with Crippen LogP contribution in [-0.4, -0.2) is 12.5 Å². The molecule has 2 aromatic rings. The zero-order valence-corrected chi connectivity index (χ0v) is 15.3. The van der Waals surface area contributed by atoms with Crippen LogP contribution in [0, 0.1) is 0 Å². The van der Waals surface area contributed by atoms with Crippen LogP contribution < -0.4 is 15.4 Å². The van der Waals surface area contributed by atoms with E-state index in [9.17, 15) is 4.79 Å². The summed E-state index contributed by atoms with van der Waals surface area (Å²) in [4.78, 5) is 12.3. The average molecular weight is 361 g/mol. The second-order valence-electron chi connectivity index (χ2n) is 6.12. The number of nitrogens with one attached hydrogen (secondary N) is 2. The number of benzene rings is 2. The van der Waals surface area contributed by atoms with E-state index in [1.807, 2.05) is 24.3 Å². The Balaban J connectivity index is 0.00000225. The Kier molecular flexibility index (Phi) is 7.29. The van der Waals surface area contributed by atoms with Crippen LogP contribution in [0.15, 0.2) is 42.5 Å². The van der Waals surface area contributed by atoms with Crippen LogP contribution in [-0.2, 0) is 19.6 Å². The molecule has 1 amide bonds. The molecule has 2 aromatic carbocycles. The van der Waals surface area contributed by atoms with Crippen molar-refractivity contribution in [2.24, 2.45) is 0 Å². The first-order chi connectivity index (χ1) is 11.8. The highest BCUT2D eigenvalue weighted by Gasteiger charge is 2.11. The lowest BCUT2D eigenvalue weighted by Gasteiger charge is -2.09. The Morgan fingerprint density at radius 3 is 2.64 bits per heavy atom. The molecular formula is C20H25ClN2O2. The van der Waals surface area contributed by atoms with E-state index >= 15 is 0 Å². The molecule has 0 fully saturated rings. The second-order valence-corrected chi connectivity index (χ2v) is 6.12. The van der Waals surface area contributed by atoms with Gasteiger partial charge < -0.3 is 15.4 Å². The molecular weight excluding hydrogens is 336 g/mol. The lowest BCUT2D eigenvalue weighted by Crippen LogP contribution is -2.22. The Labute approximate surface area is 155 Å². The number of carbonyl (C=O) groups is 1. The van der Waals surface area contributed by atoms with Crippen LogP contribution in [0.25, 0.3) is 0 Å². The van der Waals surface area contributed by atoms with Gasteiger partial charge in [-0.1, -0.05) is 31.5 Å². The van der Waals surface area contributed by atoms with Gasteiger partial charge in [0.25, 0.3) is 5.91 Å². The van der Waals surface area contributed by atoms with Crippen molar-refractivity contribution in [1.82, 2.24) is 10.6 Å². The summed E-state index contributed by atoms with van der Waals surface area (Å²) in [6.07, 6.45) is 2.15. The Bertz CT molecular complexity index is 701. The normalized spacial score (nSPS) is 12.2. The molecule has 0 saturated heterocycles. The summed E-state index contributed by atoms with van der Waals surface area (Å²) in [5.74, 6) is 0.750. The molecule has 4 nitrogen and oxygen atoms in total. The number of rotatable bonds is 7. The van der Waals surface area contributed by atoms with Crippen LogP contribution >= 0.6 is 12.4 Å². The van der Waals surface area contributed by atoms with Crippen molar-refractivity contribution in [2.75, 3.05) is 6.61 Å². The minimum Gasteiger partial charge on any atom is -0.494 e. The van der Waals surface area contributed by atoms with E-state index in [0.717, 1.165) is 43.9 Å². The standard InChI is InChI=1S/C20H24N2O2.ClH/c1-2-3-10-24-19-8-6-16(7-9-19)20(23)22-12-15-4-5-17-13-21-14-18(17)11-15;/h4-9,11,21H,2-3,10,12-14H2,1H3,(H,22,23);1H. The molecule has 0 saturated carbocycles. The molecule has 0 aromatic heterocycles. The highest BCUT2D eigenvalue weighted by atomic mass is 35.5. The Morgan fingerprint density at radius 2 is 1.88 bits per heavy atom. The van der Waals surface area contributed by atoms with Gasteiger partial charge in [-0.3, -0.25) is 4.79 Å². The molecule has 0 aliphatic carbocycles. The predicted octanol–water partition coefficient (Wildman–Crippen LogP) is 3.82. The summed E-state index contributed by atoms with van der Waals surface area (Å²) in [6, 6.07) is 13.7. The third kappa shape index (κ3) is 5.21. The van der Waals surface area contributed by atoms with Gasteiger partial charge in [-0.25, -0.2) is 0 Å². The van der Waals surface area contributed by atoms with Gasteiger partial charge in [0.15, 0.2) is 0 Å². The third-order valence-electron chi connectivity index (χ3n) is 4.24. The van der Waals surface area contributed by atoms with Gasteiger partial charge in [0.05, 0.1) is 6.61 Å². The first-order valence-corrected chi connectivity index (χ1v) is 8.58. The molecule has 1 heterocycles. The van der Waals surface area contributed by atoms with E-state index in [-0.39, 0.29) is 18.3 Å². The first-order valence-electron chi connectivity index (χ1n) is 8.58. The van der Waals surface area contributed by atoms with Crippen molar-refractivity contribution in [2.45, 2.75) is 39.4 Å². The summed E-state index contributed by atoms with van der Waals surface area (Å²) in [7, 11) is 0. The maximum Gasteiger partial charge on any atom is 0.251 e. The predicted molar refractivity (Wildman–Crippen MR) is 102 cm³/mol. The molecule has 25 heavy (non-hydrogen) atoms. The molecule has 1 aliphatic heterocycles. The fourth-order valence-corrected chi connectivity index (χ4v) is 2.78. The smallest absolute Gasteiger partial charge is 0.251 e. The van der Waals surface area contributed by atoms with E-state index < -0.39 is 0 Å². The maximum absolute atomic E-state index is 12.3. The summed E-state index contributed by atoms with van der Waals surface area (Å²) in [6.45, 7) is 5.25. The number of carbonyl (C=O) groups excluding carboxylic acids is 1. The first kappa shape index (κ1) is 19.3.